The molecule has 20 heavy (non-hydrogen) atoms. The van der Waals surface area contributed by atoms with Gasteiger partial charge in [0.25, 0.3) is 0 Å². The molecule has 0 saturated heterocycles. The van der Waals surface area contributed by atoms with Crippen molar-refractivity contribution in [2.75, 3.05) is 0 Å². The molecule has 0 aromatic rings. The molecule has 116 valence electrons. The van der Waals surface area contributed by atoms with Gasteiger partial charge < -0.3 is 5.11 Å². The number of carbonyl (C=O) groups is 1. The summed E-state index contributed by atoms with van der Waals surface area (Å²) in [7, 11) is 0. The van der Waals surface area contributed by atoms with Gasteiger partial charge in [0.05, 0.1) is 0 Å². The molecule has 2 heteroatoms. The first-order valence-electron chi connectivity index (χ1n) is 8.63. The van der Waals surface area contributed by atoms with E-state index in [0.29, 0.717) is 0 Å². The first-order chi connectivity index (χ1) is 9.74. The molecular formula is C18H32O2. The first kappa shape index (κ1) is 17.3. The summed E-state index contributed by atoms with van der Waals surface area (Å²) in [5.41, 5.74) is 0. The van der Waals surface area contributed by atoms with Crippen molar-refractivity contribution < 1.29 is 9.90 Å². The van der Waals surface area contributed by atoms with E-state index in [-0.39, 0.29) is 0 Å². The van der Waals surface area contributed by atoms with Crippen LogP contribution in [0.25, 0.3) is 0 Å². The van der Waals surface area contributed by atoms with Gasteiger partial charge >= 0.3 is 5.97 Å². The zero-order valence-electron chi connectivity index (χ0n) is 13.2. The molecule has 0 aromatic carbocycles. The van der Waals surface area contributed by atoms with Crippen LogP contribution < -0.4 is 0 Å². The van der Waals surface area contributed by atoms with Crippen LogP contribution in [-0.4, -0.2) is 11.1 Å². The monoisotopic (exact) mass is 280 g/mol. The standard InChI is InChI=1S/C18H32O2/c1-2-3-4-7-11-16-13-10-14-17(16)12-8-5-6-9-15-18(19)20/h9,15-17H,2-8,10-14H2,1H3,(H,19,20)/t16-,17-/m0/s1. The number of hydrogen-bond donors (Lipinski definition) is 1. The summed E-state index contributed by atoms with van der Waals surface area (Å²) in [4.78, 5) is 10.3. The SMILES string of the molecule is CCCCCC[C@H]1CCC[C@@H]1CCCCC=CC(=O)O. The lowest BCUT2D eigenvalue weighted by Crippen LogP contribution is -2.08. The lowest BCUT2D eigenvalue weighted by atomic mass is 9.87. The molecule has 0 bridgehead atoms. The van der Waals surface area contributed by atoms with Crippen molar-refractivity contribution in [2.45, 2.75) is 84.0 Å². The molecule has 0 radical (unpaired) electrons. The number of allylic oxidation sites excluding steroid dienone is 1. The molecule has 1 fully saturated rings. The summed E-state index contributed by atoms with van der Waals surface area (Å²) in [5, 5.41) is 8.51. The van der Waals surface area contributed by atoms with Crippen LogP contribution >= 0.6 is 0 Å². The van der Waals surface area contributed by atoms with E-state index in [0.717, 1.165) is 24.7 Å². The fraction of sp³-hybridized carbons (Fsp3) is 0.833. The molecule has 1 aliphatic carbocycles. The Labute approximate surface area is 124 Å². The number of aliphatic carboxylic acids is 1. The number of unbranched alkanes of at least 4 members (excludes halogenated alkanes) is 5. The summed E-state index contributed by atoms with van der Waals surface area (Å²) >= 11 is 0. The molecule has 0 aliphatic heterocycles. The second-order valence-electron chi connectivity index (χ2n) is 6.33. The maximum Gasteiger partial charge on any atom is 0.327 e. The van der Waals surface area contributed by atoms with Crippen molar-refractivity contribution in [3.63, 3.8) is 0 Å². The fourth-order valence-electron chi connectivity index (χ4n) is 3.56. The van der Waals surface area contributed by atoms with Crippen molar-refractivity contribution in [1.29, 1.82) is 0 Å². The van der Waals surface area contributed by atoms with Gasteiger partial charge in [-0.25, -0.2) is 4.79 Å². The Morgan fingerprint density at radius 3 is 2.30 bits per heavy atom. The van der Waals surface area contributed by atoms with E-state index in [4.69, 9.17) is 5.11 Å². The smallest absolute Gasteiger partial charge is 0.327 e. The van der Waals surface area contributed by atoms with Crippen LogP contribution in [0.5, 0.6) is 0 Å². The minimum Gasteiger partial charge on any atom is -0.478 e. The molecule has 0 spiro atoms. The Balaban J connectivity index is 2.07. The normalized spacial score (nSPS) is 22.6. The lowest BCUT2D eigenvalue weighted by molar-refractivity contribution is -0.131. The second-order valence-corrected chi connectivity index (χ2v) is 6.33. The van der Waals surface area contributed by atoms with Crippen LogP contribution in [0.3, 0.4) is 0 Å². The Morgan fingerprint density at radius 1 is 1.05 bits per heavy atom. The maximum atomic E-state index is 10.3. The second kappa shape index (κ2) is 10.9. The van der Waals surface area contributed by atoms with Gasteiger partial charge in [0.1, 0.15) is 0 Å². The molecule has 0 amide bonds. The highest BCUT2D eigenvalue weighted by Crippen LogP contribution is 2.38. The van der Waals surface area contributed by atoms with Gasteiger partial charge in [0.2, 0.25) is 0 Å². The van der Waals surface area contributed by atoms with Crippen molar-refractivity contribution in [1.82, 2.24) is 0 Å². The average molecular weight is 280 g/mol. The van der Waals surface area contributed by atoms with Crippen molar-refractivity contribution in [3.8, 4) is 0 Å². The molecule has 2 nitrogen and oxygen atoms in total. The molecule has 2 atom stereocenters. The molecule has 1 aliphatic rings. The minimum atomic E-state index is -0.826. The van der Waals surface area contributed by atoms with Crippen molar-refractivity contribution in [2.24, 2.45) is 11.8 Å². The van der Waals surface area contributed by atoms with Gasteiger partial charge in [0.15, 0.2) is 0 Å². The summed E-state index contributed by atoms with van der Waals surface area (Å²) in [6.45, 7) is 2.27. The van der Waals surface area contributed by atoms with E-state index in [1.54, 1.807) is 6.08 Å². The third-order valence-corrected chi connectivity index (χ3v) is 4.70. The zero-order chi connectivity index (χ0) is 14.6. The van der Waals surface area contributed by atoms with Gasteiger partial charge in [0, 0.05) is 6.08 Å². The number of hydrogen-bond acceptors (Lipinski definition) is 1. The predicted molar refractivity (Wildman–Crippen MR) is 84.8 cm³/mol. The van der Waals surface area contributed by atoms with E-state index in [2.05, 4.69) is 6.92 Å². The van der Waals surface area contributed by atoms with Crippen LogP contribution in [0.15, 0.2) is 12.2 Å². The van der Waals surface area contributed by atoms with Crippen molar-refractivity contribution >= 4 is 5.97 Å². The molecule has 1 rings (SSSR count). The minimum absolute atomic E-state index is 0.826. The summed E-state index contributed by atoms with van der Waals surface area (Å²) in [6, 6.07) is 0. The Kier molecular flexibility index (Phi) is 9.44. The Hall–Kier alpha value is -0.790. The molecule has 1 saturated carbocycles. The van der Waals surface area contributed by atoms with Crippen LogP contribution in [0.1, 0.15) is 84.0 Å². The van der Waals surface area contributed by atoms with Crippen LogP contribution in [0, 0.1) is 11.8 Å². The molecule has 0 heterocycles. The van der Waals surface area contributed by atoms with E-state index >= 15 is 0 Å². The van der Waals surface area contributed by atoms with Crippen LogP contribution in [0.2, 0.25) is 0 Å². The van der Waals surface area contributed by atoms with Gasteiger partial charge in [-0.15, -0.1) is 0 Å². The number of carboxylic acid groups (broad SMARTS) is 1. The first-order valence-corrected chi connectivity index (χ1v) is 8.63. The van der Waals surface area contributed by atoms with Gasteiger partial charge in [-0.3, -0.25) is 0 Å². The predicted octanol–water partition coefficient (Wildman–Crippen LogP) is 5.57. The maximum absolute atomic E-state index is 10.3. The van der Waals surface area contributed by atoms with E-state index < -0.39 is 5.97 Å². The van der Waals surface area contributed by atoms with Crippen LogP contribution in [0.4, 0.5) is 0 Å². The van der Waals surface area contributed by atoms with Gasteiger partial charge in [-0.2, -0.15) is 0 Å². The fourth-order valence-corrected chi connectivity index (χ4v) is 3.56. The molecule has 0 aromatic heterocycles. The molecule has 1 N–H and O–H groups in total. The topological polar surface area (TPSA) is 37.3 Å². The molecule has 0 unspecified atom stereocenters. The quantitative estimate of drug-likeness (QED) is 0.396. The van der Waals surface area contributed by atoms with Crippen LogP contribution in [-0.2, 0) is 4.79 Å². The van der Waals surface area contributed by atoms with Crippen molar-refractivity contribution in [3.05, 3.63) is 12.2 Å². The van der Waals surface area contributed by atoms with Gasteiger partial charge in [-0.1, -0.05) is 77.2 Å². The third kappa shape index (κ3) is 7.72. The summed E-state index contributed by atoms with van der Waals surface area (Å²) in [6.07, 6.45) is 19.1. The third-order valence-electron chi connectivity index (χ3n) is 4.70. The van der Waals surface area contributed by atoms with Gasteiger partial charge in [-0.05, 0) is 24.7 Å². The number of carboxylic acids is 1. The highest BCUT2D eigenvalue weighted by Gasteiger charge is 2.25. The summed E-state index contributed by atoms with van der Waals surface area (Å²) < 4.78 is 0. The largest absolute Gasteiger partial charge is 0.478 e. The molecular weight excluding hydrogens is 248 g/mol. The lowest BCUT2D eigenvalue weighted by Gasteiger charge is -2.19. The Bertz CT molecular complexity index is 283. The van der Waals surface area contributed by atoms with E-state index in [9.17, 15) is 4.79 Å². The highest BCUT2D eigenvalue weighted by atomic mass is 16.4. The van der Waals surface area contributed by atoms with E-state index in [1.165, 1.54) is 70.3 Å². The average Bonchev–Trinajstić information content (AvgIpc) is 2.86. The highest BCUT2D eigenvalue weighted by molar-refractivity contribution is 5.79. The Morgan fingerprint density at radius 2 is 1.70 bits per heavy atom. The number of rotatable bonds is 11. The van der Waals surface area contributed by atoms with E-state index in [1.807, 2.05) is 0 Å². The zero-order valence-corrected chi connectivity index (χ0v) is 13.2. The summed E-state index contributed by atoms with van der Waals surface area (Å²) in [5.74, 6) is 1.12.